The Bertz CT molecular complexity index is 951. The molecule has 0 bridgehead atoms. The predicted octanol–water partition coefficient (Wildman–Crippen LogP) is 3.83. The number of halogens is 1. The van der Waals surface area contributed by atoms with Crippen LogP contribution in [0.4, 0.5) is 5.69 Å². The van der Waals surface area contributed by atoms with Crippen molar-refractivity contribution >= 4 is 35.1 Å². The highest BCUT2D eigenvalue weighted by Crippen LogP contribution is 2.26. The highest BCUT2D eigenvalue weighted by atomic mass is 35.5. The van der Waals surface area contributed by atoms with Crippen molar-refractivity contribution in [2.45, 2.75) is 44.9 Å². The van der Waals surface area contributed by atoms with Crippen molar-refractivity contribution in [2.75, 3.05) is 25.1 Å². The monoisotopic (exact) mass is 472 g/mol. The number of amides is 1. The van der Waals surface area contributed by atoms with Gasteiger partial charge in [-0.1, -0.05) is 48.9 Å². The van der Waals surface area contributed by atoms with E-state index in [-0.39, 0.29) is 19.1 Å². The summed E-state index contributed by atoms with van der Waals surface area (Å²) in [6, 6.07) is 15.1. The molecule has 0 saturated carbocycles. The third kappa shape index (κ3) is 6.26. The molecular weight excluding hydrogens is 444 g/mol. The van der Waals surface area contributed by atoms with E-state index in [0.717, 1.165) is 5.56 Å². The lowest BCUT2D eigenvalue weighted by Crippen LogP contribution is -2.53. The van der Waals surface area contributed by atoms with Gasteiger partial charge in [-0.05, 0) is 49.1 Å². The highest BCUT2D eigenvalue weighted by Gasteiger charge is 2.39. The number of carbonyl (C=O) groups is 3. The van der Waals surface area contributed by atoms with Gasteiger partial charge in [0.1, 0.15) is 25.2 Å². The lowest BCUT2D eigenvalue weighted by Gasteiger charge is -2.35. The molecule has 1 aliphatic heterocycles. The maximum Gasteiger partial charge on any atom is 0.329 e. The second-order valence-electron chi connectivity index (χ2n) is 7.89. The minimum absolute atomic E-state index is 0.0979. The maximum absolute atomic E-state index is 13.6. The number of hydrogen-bond acceptors (Lipinski definition) is 6. The van der Waals surface area contributed by atoms with E-state index in [1.165, 1.54) is 7.11 Å². The third-order valence-corrected chi connectivity index (χ3v) is 6.02. The first-order valence-corrected chi connectivity index (χ1v) is 11.4. The predicted molar refractivity (Wildman–Crippen MR) is 126 cm³/mol. The summed E-state index contributed by atoms with van der Waals surface area (Å²) in [6.45, 7) is 2.41. The van der Waals surface area contributed by atoms with E-state index in [1.807, 2.05) is 37.3 Å². The minimum Gasteiger partial charge on any atom is -0.468 e. The van der Waals surface area contributed by atoms with Gasteiger partial charge in [0, 0.05) is 17.3 Å². The summed E-state index contributed by atoms with van der Waals surface area (Å²) in [6.07, 6.45) is 1.71. The van der Waals surface area contributed by atoms with Gasteiger partial charge in [0.15, 0.2) is 0 Å². The largest absolute Gasteiger partial charge is 0.468 e. The van der Waals surface area contributed by atoms with Crippen LogP contribution >= 0.6 is 11.6 Å². The van der Waals surface area contributed by atoms with Gasteiger partial charge < -0.3 is 19.3 Å². The average Bonchev–Trinajstić information content (AvgIpc) is 3.33. The van der Waals surface area contributed by atoms with Crippen LogP contribution < -0.4 is 4.90 Å². The molecule has 0 N–H and O–H groups in total. The minimum atomic E-state index is -0.646. The lowest BCUT2D eigenvalue weighted by molar-refractivity contribution is -0.155. The Morgan fingerprint density at radius 1 is 1.12 bits per heavy atom. The van der Waals surface area contributed by atoms with Crippen molar-refractivity contribution in [3.8, 4) is 0 Å². The van der Waals surface area contributed by atoms with E-state index in [2.05, 4.69) is 0 Å². The standard InChI is InChI=1S/C25H29ClN2O5/c1-3-21(28(16-23(29)32-2)20-13-11-19(26)12-14-20)24(30)27-15-7-10-22(27)25(31)33-17-18-8-5-4-6-9-18/h4-6,8-9,11-14,21-22H,3,7,10,15-17H2,1-2H3/t21-,22+/m1/s1. The molecule has 2 atom stereocenters. The molecule has 1 saturated heterocycles. The number of carbonyl (C=O) groups excluding carboxylic acids is 3. The zero-order valence-corrected chi connectivity index (χ0v) is 19.7. The molecule has 8 heteroatoms. The number of methoxy groups -OCH3 is 1. The normalized spacial score (nSPS) is 16.2. The number of anilines is 1. The summed E-state index contributed by atoms with van der Waals surface area (Å²) in [7, 11) is 1.31. The first-order chi connectivity index (χ1) is 15.9. The lowest BCUT2D eigenvalue weighted by atomic mass is 10.1. The van der Waals surface area contributed by atoms with Crippen LogP contribution in [0.15, 0.2) is 54.6 Å². The number of nitrogens with zero attached hydrogens (tertiary/aromatic N) is 2. The van der Waals surface area contributed by atoms with Crippen molar-refractivity contribution in [1.29, 1.82) is 0 Å². The maximum atomic E-state index is 13.6. The molecule has 176 valence electrons. The van der Waals surface area contributed by atoms with Gasteiger partial charge in [0.2, 0.25) is 5.91 Å². The summed E-state index contributed by atoms with van der Waals surface area (Å²) in [5.41, 5.74) is 1.56. The van der Waals surface area contributed by atoms with Crippen molar-refractivity contribution in [3.63, 3.8) is 0 Å². The molecule has 7 nitrogen and oxygen atoms in total. The Morgan fingerprint density at radius 3 is 2.45 bits per heavy atom. The van der Waals surface area contributed by atoms with Crippen molar-refractivity contribution in [2.24, 2.45) is 0 Å². The summed E-state index contributed by atoms with van der Waals surface area (Å²) >= 11 is 6.02. The molecule has 1 aliphatic rings. The number of rotatable bonds is 9. The van der Waals surface area contributed by atoms with E-state index in [0.29, 0.717) is 36.5 Å². The Hall–Kier alpha value is -3.06. The van der Waals surface area contributed by atoms with Gasteiger partial charge >= 0.3 is 11.9 Å². The van der Waals surface area contributed by atoms with Crippen LogP contribution in [0.2, 0.25) is 5.02 Å². The molecule has 0 radical (unpaired) electrons. The van der Waals surface area contributed by atoms with Crippen LogP contribution in [0.25, 0.3) is 0 Å². The Kier molecular flexibility index (Phi) is 8.72. The Labute approximate surface area is 199 Å². The van der Waals surface area contributed by atoms with E-state index >= 15 is 0 Å². The smallest absolute Gasteiger partial charge is 0.329 e. The number of esters is 2. The van der Waals surface area contributed by atoms with Crippen LogP contribution in [-0.2, 0) is 30.5 Å². The Morgan fingerprint density at radius 2 is 1.82 bits per heavy atom. The number of hydrogen-bond donors (Lipinski definition) is 0. The van der Waals surface area contributed by atoms with Crippen LogP contribution in [0, 0.1) is 0 Å². The third-order valence-electron chi connectivity index (χ3n) is 5.77. The van der Waals surface area contributed by atoms with Gasteiger partial charge in [-0.3, -0.25) is 9.59 Å². The SMILES string of the molecule is CC[C@H](C(=O)N1CCC[C@H]1C(=O)OCc1ccccc1)N(CC(=O)OC)c1ccc(Cl)cc1. The summed E-state index contributed by atoms with van der Waals surface area (Å²) < 4.78 is 10.4. The summed E-state index contributed by atoms with van der Waals surface area (Å²) in [5.74, 6) is -1.09. The molecule has 2 aromatic carbocycles. The molecule has 1 amide bonds. The second kappa shape index (κ2) is 11.7. The van der Waals surface area contributed by atoms with Crippen molar-refractivity contribution in [1.82, 2.24) is 4.90 Å². The first-order valence-electron chi connectivity index (χ1n) is 11.0. The van der Waals surface area contributed by atoms with E-state index in [9.17, 15) is 14.4 Å². The van der Waals surface area contributed by atoms with E-state index in [4.69, 9.17) is 21.1 Å². The zero-order chi connectivity index (χ0) is 23.8. The molecular formula is C25H29ClN2O5. The molecule has 33 heavy (non-hydrogen) atoms. The molecule has 1 heterocycles. The number of ether oxygens (including phenoxy) is 2. The fraction of sp³-hybridized carbons (Fsp3) is 0.400. The number of likely N-dealkylation sites (tertiary alicyclic amines) is 1. The quantitative estimate of drug-likeness (QED) is 0.516. The number of benzene rings is 2. The van der Waals surface area contributed by atoms with Crippen molar-refractivity contribution < 1.29 is 23.9 Å². The summed E-state index contributed by atoms with van der Waals surface area (Å²) in [5, 5.41) is 0.553. The van der Waals surface area contributed by atoms with E-state index in [1.54, 1.807) is 34.1 Å². The van der Waals surface area contributed by atoms with Gasteiger partial charge in [-0.2, -0.15) is 0 Å². The molecule has 1 fully saturated rings. The fourth-order valence-corrected chi connectivity index (χ4v) is 4.16. The fourth-order valence-electron chi connectivity index (χ4n) is 4.04. The average molecular weight is 473 g/mol. The van der Waals surface area contributed by atoms with Crippen molar-refractivity contribution in [3.05, 3.63) is 65.2 Å². The summed E-state index contributed by atoms with van der Waals surface area (Å²) in [4.78, 5) is 41.9. The highest BCUT2D eigenvalue weighted by molar-refractivity contribution is 6.30. The van der Waals surface area contributed by atoms with Gasteiger partial charge in [0.05, 0.1) is 7.11 Å². The van der Waals surface area contributed by atoms with Gasteiger partial charge in [-0.15, -0.1) is 0 Å². The van der Waals surface area contributed by atoms with E-state index < -0.39 is 24.0 Å². The Balaban J connectivity index is 1.77. The van der Waals surface area contributed by atoms with Crippen LogP contribution in [0.5, 0.6) is 0 Å². The molecule has 0 spiro atoms. The molecule has 0 unspecified atom stereocenters. The molecule has 2 aromatic rings. The van der Waals surface area contributed by atoms with Gasteiger partial charge in [0.25, 0.3) is 0 Å². The first kappa shape index (κ1) is 24.6. The van der Waals surface area contributed by atoms with Crippen LogP contribution in [0.1, 0.15) is 31.7 Å². The molecule has 0 aromatic heterocycles. The molecule has 3 rings (SSSR count). The topological polar surface area (TPSA) is 76.2 Å². The zero-order valence-electron chi connectivity index (χ0n) is 18.9. The van der Waals surface area contributed by atoms with Crippen LogP contribution in [-0.4, -0.2) is 55.0 Å². The second-order valence-corrected chi connectivity index (χ2v) is 8.32. The molecule has 0 aliphatic carbocycles. The van der Waals surface area contributed by atoms with Gasteiger partial charge in [-0.25, -0.2) is 4.79 Å². The van der Waals surface area contributed by atoms with Crippen LogP contribution in [0.3, 0.4) is 0 Å².